The molecule has 20 heavy (non-hydrogen) atoms. The summed E-state index contributed by atoms with van der Waals surface area (Å²) < 4.78 is 16.5. The molecule has 0 spiro atoms. The average molecular weight is 333 g/mol. The lowest BCUT2D eigenvalue weighted by atomic mass is 10.1. The molecule has 3 rings (SSSR count). The van der Waals surface area contributed by atoms with Crippen LogP contribution in [0.25, 0.3) is 5.52 Å². The third-order valence-electron chi connectivity index (χ3n) is 3.40. The molecule has 1 aromatic carbocycles. The lowest BCUT2D eigenvalue weighted by Gasteiger charge is -2.03. The van der Waals surface area contributed by atoms with E-state index in [0.717, 1.165) is 21.5 Å². The van der Waals surface area contributed by atoms with Gasteiger partial charge in [0.05, 0.1) is 5.52 Å². The van der Waals surface area contributed by atoms with Crippen molar-refractivity contribution in [3.63, 3.8) is 0 Å². The third kappa shape index (κ3) is 2.48. The molecule has 2 nitrogen and oxygen atoms in total. The minimum absolute atomic E-state index is 0.150. The van der Waals surface area contributed by atoms with Crippen molar-refractivity contribution in [3.8, 4) is 0 Å². The molecular formula is C16H14BrFN2. The molecule has 0 aliphatic heterocycles. The maximum atomic E-state index is 13.6. The molecule has 2 heterocycles. The first-order valence-corrected chi connectivity index (χ1v) is 7.31. The maximum absolute atomic E-state index is 13.6. The maximum Gasteiger partial charge on any atom is 0.132 e. The predicted octanol–water partition coefficient (Wildman–Crippen LogP) is 4.33. The van der Waals surface area contributed by atoms with Crippen molar-refractivity contribution in [3.05, 3.63) is 70.0 Å². The SMILES string of the molecule is Cc1ccn2c(CCc3ccccc3F)nc(Br)c2c1. The van der Waals surface area contributed by atoms with Gasteiger partial charge < -0.3 is 4.40 Å². The van der Waals surface area contributed by atoms with E-state index >= 15 is 0 Å². The number of rotatable bonds is 3. The van der Waals surface area contributed by atoms with Crippen LogP contribution in [-0.4, -0.2) is 9.38 Å². The Kier molecular flexibility index (Phi) is 3.57. The molecule has 102 valence electrons. The van der Waals surface area contributed by atoms with Gasteiger partial charge in [0.15, 0.2) is 0 Å². The zero-order valence-corrected chi connectivity index (χ0v) is 12.7. The molecule has 0 bridgehead atoms. The van der Waals surface area contributed by atoms with Crippen molar-refractivity contribution in [1.29, 1.82) is 0 Å². The van der Waals surface area contributed by atoms with Crippen LogP contribution in [0.5, 0.6) is 0 Å². The Bertz CT molecular complexity index is 764. The molecular weight excluding hydrogens is 319 g/mol. The van der Waals surface area contributed by atoms with E-state index in [1.807, 2.05) is 24.4 Å². The Labute approximate surface area is 125 Å². The van der Waals surface area contributed by atoms with Crippen molar-refractivity contribution in [2.24, 2.45) is 0 Å². The fourth-order valence-electron chi connectivity index (χ4n) is 2.34. The number of nitrogens with zero attached hydrogens (tertiary/aromatic N) is 2. The van der Waals surface area contributed by atoms with E-state index in [1.54, 1.807) is 6.07 Å². The number of halogens is 2. The number of pyridine rings is 1. The van der Waals surface area contributed by atoms with Gasteiger partial charge in [-0.25, -0.2) is 9.37 Å². The van der Waals surface area contributed by atoms with Gasteiger partial charge in [-0.15, -0.1) is 0 Å². The number of imidazole rings is 1. The number of hydrogen-bond donors (Lipinski definition) is 0. The van der Waals surface area contributed by atoms with E-state index in [4.69, 9.17) is 0 Å². The zero-order chi connectivity index (χ0) is 14.1. The molecule has 0 fully saturated rings. The summed E-state index contributed by atoms with van der Waals surface area (Å²) in [5, 5.41) is 0. The molecule has 0 radical (unpaired) electrons. The van der Waals surface area contributed by atoms with Gasteiger partial charge in [-0.05, 0) is 58.6 Å². The van der Waals surface area contributed by atoms with Gasteiger partial charge >= 0.3 is 0 Å². The van der Waals surface area contributed by atoms with Gasteiger partial charge in [-0.1, -0.05) is 18.2 Å². The molecule has 0 atom stereocenters. The Morgan fingerprint density at radius 3 is 2.80 bits per heavy atom. The number of hydrogen-bond acceptors (Lipinski definition) is 1. The number of benzene rings is 1. The number of aryl methyl sites for hydroxylation is 3. The fraction of sp³-hybridized carbons (Fsp3) is 0.188. The molecule has 3 aromatic rings. The lowest BCUT2D eigenvalue weighted by molar-refractivity contribution is 0.607. The summed E-state index contributed by atoms with van der Waals surface area (Å²) in [7, 11) is 0. The topological polar surface area (TPSA) is 17.3 Å². The highest BCUT2D eigenvalue weighted by molar-refractivity contribution is 9.10. The highest BCUT2D eigenvalue weighted by atomic mass is 79.9. The Morgan fingerprint density at radius 1 is 1.20 bits per heavy atom. The second-order valence-electron chi connectivity index (χ2n) is 4.87. The summed E-state index contributed by atoms with van der Waals surface area (Å²) in [6, 6.07) is 11.0. The second-order valence-corrected chi connectivity index (χ2v) is 5.62. The Balaban J connectivity index is 1.90. The van der Waals surface area contributed by atoms with E-state index in [0.29, 0.717) is 12.8 Å². The second kappa shape index (κ2) is 5.37. The first-order chi connectivity index (χ1) is 9.65. The van der Waals surface area contributed by atoms with Gasteiger partial charge in [0.2, 0.25) is 0 Å². The highest BCUT2D eigenvalue weighted by Crippen LogP contribution is 2.21. The van der Waals surface area contributed by atoms with Crippen LogP contribution in [0.3, 0.4) is 0 Å². The zero-order valence-electron chi connectivity index (χ0n) is 11.1. The first kappa shape index (κ1) is 13.3. The predicted molar refractivity (Wildman–Crippen MR) is 81.4 cm³/mol. The van der Waals surface area contributed by atoms with Crippen LogP contribution < -0.4 is 0 Å². The van der Waals surface area contributed by atoms with Crippen molar-refractivity contribution in [2.45, 2.75) is 19.8 Å². The van der Waals surface area contributed by atoms with Crippen molar-refractivity contribution >= 4 is 21.4 Å². The summed E-state index contributed by atoms with van der Waals surface area (Å²) in [6.07, 6.45) is 3.36. The normalized spacial score (nSPS) is 11.2. The monoisotopic (exact) mass is 332 g/mol. The summed E-state index contributed by atoms with van der Waals surface area (Å²) in [5.41, 5.74) is 2.97. The largest absolute Gasteiger partial charge is 0.303 e. The van der Waals surface area contributed by atoms with E-state index < -0.39 is 0 Å². The van der Waals surface area contributed by atoms with Crippen LogP contribution in [0.4, 0.5) is 4.39 Å². The van der Waals surface area contributed by atoms with Crippen LogP contribution in [-0.2, 0) is 12.8 Å². The van der Waals surface area contributed by atoms with Gasteiger partial charge in [0.1, 0.15) is 16.2 Å². The first-order valence-electron chi connectivity index (χ1n) is 6.51. The van der Waals surface area contributed by atoms with Gasteiger partial charge in [0, 0.05) is 12.6 Å². The molecule has 2 aromatic heterocycles. The molecule has 0 unspecified atom stereocenters. The summed E-state index contributed by atoms with van der Waals surface area (Å²) in [5.74, 6) is 0.790. The lowest BCUT2D eigenvalue weighted by Crippen LogP contribution is -1.99. The summed E-state index contributed by atoms with van der Waals surface area (Å²) in [4.78, 5) is 4.53. The Hall–Kier alpha value is -1.68. The van der Waals surface area contributed by atoms with Gasteiger partial charge in [-0.3, -0.25) is 0 Å². The van der Waals surface area contributed by atoms with Crippen molar-refractivity contribution < 1.29 is 4.39 Å². The number of aromatic nitrogens is 2. The quantitative estimate of drug-likeness (QED) is 0.697. The Morgan fingerprint density at radius 2 is 2.00 bits per heavy atom. The summed E-state index contributed by atoms with van der Waals surface area (Å²) >= 11 is 3.49. The fourth-order valence-corrected chi connectivity index (χ4v) is 2.85. The molecule has 0 saturated carbocycles. The number of fused-ring (bicyclic) bond motifs is 1. The van der Waals surface area contributed by atoms with E-state index in [1.165, 1.54) is 11.6 Å². The van der Waals surface area contributed by atoms with E-state index in [9.17, 15) is 4.39 Å². The molecule has 0 aliphatic carbocycles. The van der Waals surface area contributed by atoms with Crippen LogP contribution in [0.2, 0.25) is 0 Å². The van der Waals surface area contributed by atoms with Crippen molar-refractivity contribution in [1.82, 2.24) is 9.38 Å². The van der Waals surface area contributed by atoms with Crippen LogP contribution in [0, 0.1) is 12.7 Å². The molecule has 0 aliphatic rings. The molecule has 4 heteroatoms. The highest BCUT2D eigenvalue weighted by Gasteiger charge is 2.10. The van der Waals surface area contributed by atoms with Crippen molar-refractivity contribution in [2.75, 3.05) is 0 Å². The average Bonchev–Trinajstić information content (AvgIpc) is 2.74. The summed E-state index contributed by atoms with van der Waals surface area (Å²) in [6.45, 7) is 2.05. The van der Waals surface area contributed by atoms with Crippen LogP contribution in [0.1, 0.15) is 17.0 Å². The third-order valence-corrected chi connectivity index (χ3v) is 3.99. The van der Waals surface area contributed by atoms with Crippen LogP contribution in [0.15, 0.2) is 47.2 Å². The minimum Gasteiger partial charge on any atom is -0.303 e. The van der Waals surface area contributed by atoms with E-state index in [-0.39, 0.29) is 5.82 Å². The smallest absolute Gasteiger partial charge is 0.132 e. The van der Waals surface area contributed by atoms with E-state index in [2.05, 4.69) is 38.3 Å². The van der Waals surface area contributed by atoms with Gasteiger partial charge in [0.25, 0.3) is 0 Å². The minimum atomic E-state index is -0.150. The van der Waals surface area contributed by atoms with Gasteiger partial charge in [-0.2, -0.15) is 0 Å². The molecule has 0 N–H and O–H groups in total. The molecule has 0 amide bonds. The van der Waals surface area contributed by atoms with Crippen LogP contribution >= 0.6 is 15.9 Å². The standard InChI is InChI=1S/C16H14BrFN2/c1-11-8-9-20-14(10-11)16(17)19-15(20)7-6-12-4-2-3-5-13(12)18/h2-5,8-10H,6-7H2,1H3. The molecule has 0 saturated heterocycles.